The van der Waals surface area contributed by atoms with Gasteiger partial charge in [0, 0.05) is 22.4 Å². The van der Waals surface area contributed by atoms with Crippen molar-refractivity contribution in [2.75, 3.05) is 40.5 Å². The molecule has 2 aliphatic heterocycles. The van der Waals surface area contributed by atoms with Crippen LogP contribution in [0.4, 0.5) is 0 Å². The highest BCUT2D eigenvalue weighted by atomic mass is 32.2. The molecule has 0 bridgehead atoms. The van der Waals surface area contributed by atoms with Gasteiger partial charge in [-0.3, -0.25) is 4.79 Å². The average molecular weight is 404 g/mol. The zero-order valence-electron chi connectivity index (χ0n) is 15.8. The van der Waals surface area contributed by atoms with E-state index in [9.17, 15) is 4.79 Å². The van der Waals surface area contributed by atoms with Gasteiger partial charge in [0.15, 0.2) is 29.3 Å². The van der Waals surface area contributed by atoms with Crippen LogP contribution in [0.15, 0.2) is 18.2 Å². The molecule has 2 aromatic rings. The van der Waals surface area contributed by atoms with Crippen LogP contribution in [0.2, 0.25) is 0 Å². The van der Waals surface area contributed by atoms with Gasteiger partial charge in [0.25, 0.3) is 0 Å². The third kappa shape index (κ3) is 3.02. The molecule has 0 N–H and O–H groups in total. The van der Waals surface area contributed by atoms with Gasteiger partial charge >= 0.3 is 0 Å². The Morgan fingerprint density at radius 2 is 1.79 bits per heavy atom. The van der Waals surface area contributed by atoms with Crippen molar-refractivity contribution < 1.29 is 33.2 Å². The first kappa shape index (κ1) is 18.8. The summed E-state index contributed by atoms with van der Waals surface area (Å²) < 4.78 is 33.6. The smallest absolute Gasteiger partial charge is 0.231 e. The number of benzene rings is 2. The number of hydrogen-bond donors (Lipinski definition) is 0. The number of carbonyl (C=O) groups excluding carboxylic acids is 1. The zero-order valence-corrected chi connectivity index (χ0v) is 16.6. The second-order valence-corrected chi connectivity index (χ2v) is 7.26. The van der Waals surface area contributed by atoms with Crippen LogP contribution in [0.3, 0.4) is 0 Å². The van der Waals surface area contributed by atoms with E-state index in [4.69, 9.17) is 28.4 Å². The first-order chi connectivity index (χ1) is 13.7. The molecule has 1 saturated heterocycles. The van der Waals surface area contributed by atoms with Crippen molar-refractivity contribution in [3.63, 3.8) is 0 Å². The van der Waals surface area contributed by atoms with Crippen LogP contribution >= 0.6 is 11.8 Å². The summed E-state index contributed by atoms with van der Waals surface area (Å²) in [5, 5.41) is 0. The van der Waals surface area contributed by atoms with Gasteiger partial charge in [0.1, 0.15) is 5.44 Å². The van der Waals surface area contributed by atoms with Gasteiger partial charge in [0.2, 0.25) is 12.5 Å². The van der Waals surface area contributed by atoms with Crippen LogP contribution in [-0.2, 0) is 4.74 Å². The molecule has 4 rings (SSSR count). The summed E-state index contributed by atoms with van der Waals surface area (Å²) in [6.07, 6.45) is 0.775. The molecule has 2 aromatic carbocycles. The maximum absolute atomic E-state index is 12.0. The van der Waals surface area contributed by atoms with Crippen LogP contribution in [0.25, 0.3) is 11.1 Å². The van der Waals surface area contributed by atoms with Crippen LogP contribution in [0, 0.1) is 0 Å². The van der Waals surface area contributed by atoms with Gasteiger partial charge < -0.3 is 28.4 Å². The van der Waals surface area contributed by atoms with E-state index in [0.717, 1.165) is 23.2 Å². The van der Waals surface area contributed by atoms with Gasteiger partial charge in [-0.1, -0.05) is 0 Å². The Hall–Kier alpha value is -2.58. The Morgan fingerprint density at radius 3 is 2.39 bits per heavy atom. The standard InChI is InChI=1S/C20H20O7S/c1-22-16-6-11(9-21)17(19(24-3)18(16)23-2)12-7-14-15(27-10-26-14)8-13(12)20-25-4-5-28-20/h6-9,20H,4-5,10H2,1-3H3. The van der Waals surface area contributed by atoms with Crippen LogP contribution in [0.5, 0.6) is 28.7 Å². The highest BCUT2D eigenvalue weighted by molar-refractivity contribution is 7.99. The number of thioether (sulfide) groups is 1. The zero-order chi connectivity index (χ0) is 19.7. The number of fused-ring (bicyclic) bond motifs is 1. The number of rotatable bonds is 6. The van der Waals surface area contributed by atoms with Gasteiger partial charge in [0.05, 0.1) is 27.9 Å². The van der Waals surface area contributed by atoms with Crippen molar-refractivity contribution in [1.29, 1.82) is 0 Å². The molecule has 28 heavy (non-hydrogen) atoms. The molecule has 0 spiro atoms. The third-order valence-electron chi connectivity index (χ3n) is 4.68. The maximum Gasteiger partial charge on any atom is 0.231 e. The predicted molar refractivity (Wildman–Crippen MR) is 104 cm³/mol. The van der Waals surface area contributed by atoms with Gasteiger partial charge in [-0.05, 0) is 23.8 Å². The lowest BCUT2D eigenvalue weighted by Crippen LogP contribution is -2.03. The van der Waals surface area contributed by atoms with E-state index >= 15 is 0 Å². The van der Waals surface area contributed by atoms with Crippen molar-refractivity contribution in [2.45, 2.75) is 5.44 Å². The minimum Gasteiger partial charge on any atom is -0.493 e. The summed E-state index contributed by atoms with van der Waals surface area (Å²) in [5.41, 5.74) is 2.49. The highest BCUT2D eigenvalue weighted by Crippen LogP contribution is 2.52. The molecule has 0 aliphatic carbocycles. The Morgan fingerprint density at radius 1 is 1.04 bits per heavy atom. The second kappa shape index (κ2) is 7.81. The Bertz CT molecular complexity index is 906. The topological polar surface area (TPSA) is 72.5 Å². The minimum absolute atomic E-state index is 0.153. The lowest BCUT2D eigenvalue weighted by Gasteiger charge is -2.21. The number of ether oxygens (including phenoxy) is 6. The molecule has 7 nitrogen and oxygen atoms in total. The quantitative estimate of drug-likeness (QED) is 0.675. The first-order valence-electron chi connectivity index (χ1n) is 8.67. The molecule has 2 heterocycles. The largest absolute Gasteiger partial charge is 0.493 e. The Balaban J connectivity index is 2.02. The molecule has 1 unspecified atom stereocenters. The SMILES string of the molecule is COc1cc(C=O)c(-c2cc3c(cc2C2OCCS2)OCO3)c(OC)c1OC. The van der Waals surface area contributed by atoms with Crippen molar-refractivity contribution >= 4 is 18.0 Å². The van der Waals surface area contributed by atoms with Crippen LogP contribution < -0.4 is 23.7 Å². The summed E-state index contributed by atoms with van der Waals surface area (Å²) in [7, 11) is 4.57. The third-order valence-corrected chi connectivity index (χ3v) is 5.77. The molecule has 0 radical (unpaired) electrons. The van der Waals surface area contributed by atoms with E-state index < -0.39 is 0 Å². The number of carbonyl (C=O) groups is 1. The minimum atomic E-state index is -0.179. The Kier molecular flexibility index (Phi) is 5.23. The Labute approximate surface area is 166 Å². The van der Waals surface area contributed by atoms with E-state index in [2.05, 4.69) is 0 Å². The average Bonchev–Trinajstić information content (AvgIpc) is 3.42. The van der Waals surface area contributed by atoms with E-state index in [1.807, 2.05) is 12.1 Å². The highest BCUT2D eigenvalue weighted by Gasteiger charge is 2.30. The fourth-order valence-electron chi connectivity index (χ4n) is 3.45. The monoisotopic (exact) mass is 404 g/mol. The summed E-state index contributed by atoms with van der Waals surface area (Å²) >= 11 is 1.69. The predicted octanol–water partition coefficient (Wildman–Crippen LogP) is 3.68. The van der Waals surface area contributed by atoms with Crippen molar-refractivity contribution in [3.05, 3.63) is 29.3 Å². The van der Waals surface area contributed by atoms with Gasteiger partial charge in [-0.25, -0.2) is 0 Å². The fourth-order valence-corrected chi connectivity index (χ4v) is 4.43. The molecule has 0 saturated carbocycles. The van der Waals surface area contributed by atoms with E-state index in [0.29, 0.717) is 46.5 Å². The summed E-state index contributed by atoms with van der Waals surface area (Å²) in [5.74, 6) is 3.39. The van der Waals surface area contributed by atoms with Crippen molar-refractivity contribution in [1.82, 2.24) is 0 Å². The normalized spacial score (nSPS) is 17.5. The lowest BCUT2D eigenvalue weighted by atomic mass is 9.93. The summed E-state index contributed by atoms with van der Waals surface area (Å²) in [6.45, 7) is 0.813. The molecule has 1 atom stereocenters. The van der Waals surface area contributed by atoms with Gasteiger partial charge in [-0.15, -0.1) is 11.8 Å². The molecule has 1 fully saturated rings. The number of aldehydes is 1. The molecule has 0 amide bonds. The lowest BCUT2D eigenvalue weighted by molar-refractivity contribution is 0.112. The first-order valence-corrected chi connectivity index (χ1v) is 9.72. The number of hydrogen-bond acceptors (Lipinski definition) is 8. The summed E-state index contributed by atoms with van der Waals surface area (Å²) in [6, 6.07) is 5.41. The van der Waals surface area contributed by atoms with Crippen molar-refractivity contribution in [3.8, 4) is 39.9 Å². The molecule has 8 heteroatoms. The molecule has 0 aromatic heterocycles. The molecule has 148 valence electrons. The van der Waals surface area contributed by atoms with Crippen molar-refractivity contribution in [2.24, 2.45) is 0 Å². The second-order valence-electron chi connectivity index (χ2n) is 6.09. The molecular formula is C20H20O7S. The van der Waals surface area contributed by atoms with E-state index in [-0.39, 0.29) is 12.2 Å². The van der Waals surface area contributed by atoms with E-state index in [1.165, 1.54) is 21.3 Å². The van der Waals surface area contributed by atoms with Crippen LogP contribution in [-0.4, -0.2) is 46.8 Å². The maximum atomic E-state index is 12.0. The molecule has 2 aliphatic rings. The number of methoxy groups -OCH3 is 3. The van der Waals surface area contributed by atoms with E-state index in [1.54, 1.807) is 17.8 Å². The van der Waals surface area contributed by atoms with Crippen LogP contribution in [0.1, 0.15) is 21.4 Å². The summed E-state index contributed by atoms with van der Waals surface area (Å²) in [4.78, 5) is 12.0. The molecular weight excluding hydrogens is 384 g/mol. The van der Waals surface area contributed by atoms with Gasteiger partial charge in [-0.2, -0.15) is 0 Å². The fraction of sp³-hybridized carbons (Fsp3) is 0.350.